The van der Waals surface area contributed by atoms with Gasteiger partial charge in [0.2, 0.25) is 0 Å². The number of aliphatic hydroxyl groups is 1. The predicted molar refractivity (Wildman–Crippen MR) is 105 cm³/mol. The summed E-state index contributed by atoms with van der Waals surface area (Å²) in [5.41, 5.74) is 0. The highest BCUT2D eigenvalue weighted by atomic mass is 16.5. The van der Waals surface area contributed by atoms with Crippen molar-refractivity contribution in [2.75, 3.05) is 13.2 Å². The second-order valence-corrected chi connectivity index (χ2v) is 5.27. The molecule has 0 saturated carbocycles. The average molecular weight is 386 g/mol. The van der Waals surface area contributed by atoms with Crippen LogP contribution < -0.4 is 0 Å². The van der Waals surface area contributed by atoms with Crippen LogP contribution in [-0.2, 0) is 28.6 Å². The molecule has 2 atom stereocenters. The van der Waals surface area contributed by atoms with Gasteiger partial charge in [-0.1, -0.05) is 40.0 Å². The summed E-state index contributed by atoms with van der Waals surface area (Å²) in [7, 11) is 0. The maximum Gasteiger partial charge on any atom is 0.330 e. The molecule has 0 saturated heterocycles. The zero-order valence-corrected chi connectivity index (χ0v) is 16.9. The highest BCUT2D eigenvalue weighted by Crippen LogP contribution is 1.95. The van der Waals surface area contributed by atoms with Gasteiger partial charge in [0.15, 0.2) is 0 Å². The van der Waals surface area contributed by atoms with Gasteiger partial charge >= 0.3 is 17.9 Å². The minimum absolute atomic E-state index is 0.00972. The van der Waals surface area contributed by atoms with E-state index in [-0.39, 0.29) is 24.6 Å². The predicted octanol–water partition coefficient (Wildman–Crippen LogP) is 3.13. The molecule has 156 valence electrons. The number of carbonyl (C=O) groups excluding carboxylic acids is 3. The summed E-state index contributed by atoms with van der Waals surface area (Å²) in [5.74, 6) is -1.18. The number of unbranched alkanes of at least 4 members (excludes halogenated alkanes) is 1. The van der Waals surface area contributed by atoms with E-state index in [0.717, 1.165) is 25.3 Å². The maximum atomic E-state index is 10.4. The molecule has 0 rings (SSSR count). The highest BCUT2D eigenvalue weighted by Gasteiger charge is 2.01. The van der Waals surface area contributed by atoms with Crippen LogP contribution >= 0.6 is 0 Å². The molecule has 0 aromatic heterocycles. The first-order valence-corrected chi connectivity index (χ1v) is 8.77. The quantitative estimate of drug-likeness (QED) is 0.266. The molecule has 0 aliphatic rings. The Balaban J connectivity index is -0.000000320. The number of hydrogen-bond donors (Lipinski definition) is 1. The van der Waals surface area contributed by atoms with Crippen LogP contribution in [0.5, 0.6) is 0 Å². The molecule has 1 N–H and O–H groups in total. The second-order valence-electron chi connectivity index (χ2n) is 5.27. The van der Waals surface area contributed by atoms with E-state index in [1.54, 1.807) is 0 Å². The molecule has 0 bridgehead atoms. The molecule has 0 aliphatic carbocycles. The van der Waals surface area contributed by atoms with E-state index in [4.69, 9.17) is 9.84 Å². The minimum atomic E-state index is -0.603. The van der Waals surface area contributed by atoms with E-state index < -0.39 is 12.1 Å². The van der Waals surface area contributed by atoms with Crippen molar-refractivity contribution in [1.82, 2.24) is 0 Å². The van der Waals surface area contributed by atoms with Gasteiger partial charge in [0.05, 0.1) is 18.8 Å². The zero-order valence-electron chi connectivity index (χ0n) is 16.9. The molecule has 0 aromatic carbocycles. The summed E-state index contributed by atoms with van der Waals surface area (Å²) in [5, 5.41) is 8.59. The lowest BCUT2D eigenvalue weighted by Crippen LogP contribution is -2.13. The molecule has 0 aliphatic heterocycles. The molecule has 27 heavy (non-hydrogen) atoms. The number of rotatable bonds is 10. The van der Waals surface area contributed by atoms with Crippen molar-refractivity contribution >= 4 is 17.9 Å². The van der Waals surface area contributed by atoms with Crippen molar-refractivity contribution in [2.45, 2.75) is 59.2 Å². The third kappa shape index (κ3) is 28.7. The first-order valence-electron chi connectivity index (χ1n) is 8.77. The van der Waals surface area contributed by atoms with Crippen molar-refractivity contribution in [3.8, 4) is 0 Å². The Bertz CT molecular complexity index is 442. The average Bonchev–Trinajstić information content (AvgIpc) is 2.66. The Hall–Kier alpha value is -2.41. The smallest absolute Gasteiger partial charge is 0.330 e. The van der Waals surface area contributed by atoms with Gasteiger partial charge in [0, 0.05) is 18.2 Å². The highest BCUT2D eigenvalue weighted by molar-refractivity contribution is 5.81. The van der Waals surface area contributed by atoms with E-state index >= 15 is 0 Å². The maximum absolute atomic E-state index is 10.4. The molecule has 0 heterocycles. The topological polar surface area (TPSA) is 99.1 Å². The van der Waals surface area contributed by atoms with Gasteiger partial charge in [0.25, 0.3) is 0 Å². The summed E-state index contributed by atoms with van der Waals surface area (Å²) in [6.45, 7) is 17.7. The third-order valence-electron chi connectivity index (χ3n) is 2.60. The Morgan fingerprint density at radius 3 is 1.78 bits per heavy atom. The lowest BCUT2D eigenvalue weighted by atomic mass is 10.3. The van der Waals surface area contributed by atoms with E-state index in [1.807, 2.05) is 20.8 Å². The summed E-state index contributed by atoms with van der Waals surface area (Å²) in [6.07, 6.45) is 5.64. The summed E-state index contributed by atoms with van der Waals surface area (Å²) < 4.78 is 13.9. The van der Waals surface area contributed by atoms with Gasteiger partial charge in [-0.3, -0.25) is 0 Å². The van der Waals surface area contributed by atoms with Crippen molar-refractivity contribution in [1.29, 1.82) is 0 Å². The number of hydrogen-bond acceptors (Lipinski definition) is 7. The monoisotopic (exact) mass is 386 g/mol. The Kier molecular flexibility index (Phi) is 23.5. The molecular formula is C20H34O7. The molecule has 0 amide bonds. The summed E-state index contributed by atoms with van der Waals surface area (Å²) >= 11 is 0. The second kappa shape index (κ2) is 21.6. The van der Waals surface area contributed by atoms with E-state index in [2.05, 4.69) is 29.2 Å². The van der Waals surface area contributed by atoms with Gasteiger partial charge in [-0.05, 0) is 26.7 Å². The number of esters is 3. The Morgan fingerprint density at radius 2 is 1.41 bits per heavy atom. The molecule has 7 nitrogen and oxygen atoms in total. The van der Waals surface area contributed by atoms with Crippen molar-refractivity contribution in [2.24, 2.45) is 0 Å². The first-order chi connectivity index (χ1) is 12.7. The van der Waals surface area contributed by atoms with Crippen molar-refractivity contribution < 1.29 is 33.7 Å². The number of carbonyl (C=O) groups is 3. The van der Waals surface area contributed by atoms with Crippen LogP contribution in [0.4, 0.5) is 0 Å². The molecule has 0 spiro atoms. The normalized spacial score (nSPS) is 11.0. The first kappa shape index (κ1) is 29.4. The fourth-order valence-corrected chi connectivity index (χ4v) is 0.967. The minimum Gasteiger partial charge on any atom is -0.463 e. The number of aliphatic hydroxyl groups excluding tert-OH is 1. The van der Waals surface area contributed by atoms with Crippen LogP contribution in [0.1, 0.15) is 47.0 Å². The molecule has 0 aromatic rings. The fraction of sp³-hybridized carbons (Fsp3) is 0.550. The Labute approximate surface area is 162 Å². The molecule has 0 radical (unpaired) electrons. The lowest BCUT2D eigenvalue weighted by molar-refractivity contribution is -0.142. The van der Waals surface area contributed by atoms with Gasteiger partial charge in [0.1, 0.15) is 6.61 Å². The van der Waals surface area contributed by atoms with Gasteiger partial charge in [-0.25, -0.2) is 14.4 Å². The fourth-order valence-electron chi connectivity index (χ4n) is 0.967. The Morgan fingerprint density at radius 1 is 0.926 bits per heavy atom. The molecular weight excluding hydrogens is 352 g/mol. The largest absolute Gasteiger partial charge is 0.463 e. The summed E-state index contributed by atoms with van der Waals surface area (Å²) in [6, 6.07) is 0. The van der Waals surface area contributed by atoms with Crippen LogP contribution in [0.15, 0.2) is 38.0 Å². The SMILES string of the molecule is C=CC(=O)OC(C)CC.C=CC(=O)OCC(C)O.C=CC(=O)OCCCC. The van der Waals surface area contributed by atoms with Crippen LogP contribution in [0.2, 0.25) is 0 Å². The van der Waals surface area contributed by atoms with Crippen LogP contribution in [0.3, 0.4) is 0 Å². The zero-order chi connectivity index (χ0) is 21.7. The number of ether oxygens (including phenoxy) is 3. The molecule has 0 fully saturated rings. The van der Waals surface area contributed by atoms with E-state index in [9.17, 15) is 14.4 Å². The van der Waals surface area contributed by atoms with Gasteiger partial charge in [-0.2, -0.15) is 0 Å². The van der Waals surface area contributed by atoms with Crippen LogP contribution in [-0.4, -0.2) is 48.4 Å². The van der Waals surface area contributed by atoms with E-state index in [0.29, 0.717) is 6.61 Å². The van der Waals surface area contributed by atoms with Crippen molar-refractivity contribution in [3.63, 3.8) is 0 Å². The van der Waals surface area contributed by atoms with Crippen molar-refractivity contribution in [3.05, 3.63) is 38.0 Å². The third-order valence-corrected chi connectivity index (χ3v) is 2.60. The van der Waals surface area contributed by atoms with Gasteiger partial charge < -0.3 is 19.3 Å². The lowest BCUT2D eigenvalue weighted by Gasteiger charge is -2.07. The van der Waals surface area contributed by atoms with Gasteiger partial charge in [-0.15, -0.1) is 0 Å². The van der Waals surface area contributed by atoms with E-state index in [1.165, 1.54) is 19.1 Å². The van der Waals surface area contributed by atoms with Crippen LogP contribution in [0.25, 0.3) is 0 Å². The molecule has 7 heteroatoms. The standard InChI is InChI=1S/2C7H12O2.C6H10O3/c1-4-6(3)9-7(8)5-2;1-3-5-6-9-7(8)4-2;1-3-6(8)9-4-5(2)7/h5-6H,2,4H2,1,3H3;4H,2-3,5-6H2,1H3;3,5,7H,1,4H2,2H3. The summed E-state index contributed by atoms with van der Waals surface area (Å²) in [4.78, 5) is 31.1. The van der Waals surface area contributed by atoms with Crippen LogP contribution in [0, 0.1) is 0 Å². The molecule has 2 unspecified atom stereocenters.